The zero-order chi connectivity index (χ0) is 21.7. The third-order valence-electron chi connectivity index (χ3n) is 5.25. The summed E-state index contributed by atoms with van der Waals surface area (Å²) >= 11 is 0. The predicted molar refractivity (Wildman–Crippen MR) is 109 cm³/mol. The lowest BCUT2D eigenvalue weighted by atomic mass is 10.1. The Morgan fingerprint density at radius 3 is 2.30 bits per heavy atom. The fraction of sp³-hybridized carbons (Fsp3) is 0.550. The number of benzene rings is 1. The van der Waals surface area contributed by atoms with Gasteiger partial charge in [0.15, 0.2) is 11.8 Å². The van der Waals surface area contributed by atoms with Crippen LogP contribution in [0.1, 0.15) is 29.7 Å². The topological polar surface area (TPSA) is 61.6 Å². The number of guanidine groups is 1. The SMILES string of the molecule is CCNC(=NCc1nnc(C)n1C)N1CCN(Cc2ccc(C(F)(F)F)cc2)CC1. The van der Waals surface area contributed by atoms with Crippen molar-refractivity contribution in [1.82, 2.24) is 29.9 Å². The number of hydrogen-bond acceptors (Lipinski definition) is 4. The van der Waals surface area contributed by atoms with Gasteiger partial charge in [-0.1, -0.05) is 12.1 Å². The molecule has 3 rings (SSSR count). The molecule has 164 valence electrons. The molecule has 0 radical (unpaired) electrons. The summed E-state index contributed by atoms with van der Waals surface area (Å²) in [6.45, 7) is 9.01. The Morgan fingerprint density at radius 2 is 1.77 bits per heavy atom. The van der Waals surface area contributed by atoms with Crippen LogP contribution in [-0.4, -0.2) is 63.2 Å². The molecule has 0 amide bonds. The van der Waals surface area contributed by atoms with Crippen LogP contribution in [0.5, 0.6) is 0 Å². The quantitative estimate of drug-likeness (QED) is 0.591. The molecule has 1 saturated heterocycles. The first-order valence-electron chi connectivity index (χ1n) is 10.0. The summed E-state index contributed by atoms with van der Waals surface area (Å²) in [5.41, 5.74) is 0.273. The first kappa shape index (κ1) is 22.1. The second-order valence-electron chi connectivity index (χ2n) is 7.35. The predicted octanol–water partition coefficient (Wildman–Crippen LogP) is 2.43. The molecule has 1 fully saturated rings. The number of alkyl halides is 3. The van der Waals surface area contributed by atoms with E-state index in [1.807, 2.05) is 25.5 Å². The number of nitrogens with zero attached hydrogens (tertiary/aromatic N) is 6. The maximum atomic E-state index is 12.7. The van der Waals surface area contributed by atoms with Crippen LogP contribution >= 0.6 is 0 Å². The Morgan fingerprint density at radius 1 is 1.10 bits per heavy atom. The molecule has 0 bridgehead atoms. The third-order valence-corrected chi connectivity index (χ3v) is 5.25. The fourth-order valence-corrected chi connectivity index (χ4v) is 3.34. The van der Waals surface area contributed by atoms with E-state index in [0.717, 1.165) is 68.0 Å². The lowest BCUT2D eigenvalue weighted by Gasteiger charge is -2.36. The van der Waals surface area contributed by atoms with E-state index in [2.05, 4.69) is 25.3 Å². The summed E-state index contributed by atoms with van der Waals surface area (Å²) in [7, 11) is 1.92. The van der Waals surface area contributed by atoms with E-state index < -0.39 is 11.7 Å². The number of halogens is 3. The molecule has 2 heterocycles. The lowest BCUT2D eigenvalue weighted by molar-refractivity contribution is -0.137. The Bertz CT molecular complexity index is 850. The van der Waals surface area contributed by atoms with Crippen molar-refractivity contribution < 1.29 is 13.2 Å². The highest BCUT2D eigenvalue weighted by Crippen LogP contribution is 2.29. The molecule has 1 aromatic heterocycles. The largest absolute Gasteiger partial charge is 0.416 e. The minimum absolute atomic E-state index is 0.450. The third kappa shape index (κ3) is 5.50. The number of piperazine rings is 1. The van der Waals surface area contributed by atoms with Crippen LogP contribution < -0.4 is 5.32 Å². The fourth-order valence-electron chi connectivity index (χ4n) is 3.34. The van der Waals surface area contributed by atoms with Crippen molar-refractivity contribution in [2.45, 2.75) is 33.1 Å². The molecule has 1 aromatic carbocycles. The van der Waals surface area contributed by atoms with Gasteiger partial charge in [-0.3, -0.25) is 4.90 Å². The molecule has 0 aliphatic carbocycles. The molecule has 1 N–H and O–H groups in total. The lowest BCUT2D eigenvalue weighted by Crippen LogP contribution is -2.52. The van der Waals surface area contributed by atoms with Gasteiger partial charge in [0.05, 0.1) is 5.56 Å². The number of rotatable bonds is 5. The van der Waals surface area contributed by atoms with Crippen molar-refractivity contribution in [1.29, 1.82) is 0 Å². The summed E-state index contributed by atoms with van der Waals surface area (Å²) < 4.78 is 40.1. The number of aryl methyl sites for hydroxylation is 1. The molecule has 0 saturated carbocycles. The molecule has 30 heavy (non-hydrogen) atoms. The average Bonchev–Trinajstić information content (AvgIpc) is 3.04. The van der Waals surface area contributed by atoms with Gasteiger partial charge in [-0.05, 0) is 31.5 Å². The van der Waals surface area contributed by atoms with Gasteiger partial charge >= 0.3 is 6.18 Å². The standard InChI is InChI=1S/C20H28F3N7/c1-4-24-19(25-13-18-27-26-15(2)28(18)3)30-11-9-29(10-12-30)14-16-5-7-17(8-6-16)20(21,22)23/h5-8H,4,9-14H2,1-3H3,(H,24,25). The Hall–Kier alpha value is -2.62. The highest BCUT2D eigenvalue weighted by molar-refractivity contribution is 5.80. The maximum absolute atomic E-state index is 12.7. The minimum Gasteiger partial charge on any atom is -0.357 e. The van der Waals surface area contributed by atoms with Crippen molar-refractivity contribution in [3.8, 4) is 0 Å². The summed E-state index contributed by atoms with van der Waals surface area (Å²) in [4.78, 5) is 9.16. The van der Waals surface area contributed by atoms with Gasteiger partial charge in [-0.15, -0.1) is 10.2 Å². The first-order chi connectivity index (χ1) is 14.3. The highest BCUT2D eigenvalue weighted by atomic mass is 19.4. The van der Waals surface area contributed by atoms with Crippen LogP contribution in [0.2, 0.25) is 0 Å². The average molecular weight is 423 g/mol. The van der Waals surface area contributed by atoms with Gasteiger partial charge in [-0.2, -0.15) is 13.2 Å². The zero-order valence-electron chi connectivity index (χ0n) is 17.6. The van der Waals surface area contributed by atoms with Crippen LogP contribution in [0.15, 0.2) is 29.3 Å². The van der Waals surface area contributed by atoms with Gasteiger partial charge in [-0.25, -0.2) is 4.99 Å². The molecule has 1 aliphatic heterocycles. The van der Waals surface area contributed by atoms with E-state index in [1.54, 1.807) is 12.1 Å². The molecule has 7 nitrogen and oxygen atoms in total. The van der Waals surface area contributed by atoms with Gasteiger partial charge in [0, 0.05) is 46.3 Å². The molecular weight excluding hydrogens is 395 g/mol. The molecule has 0 spiro atoms. The van der Waals surface area contributed by atoms with E-state index in [-0.39, 0.29) is 0 Å². The van der Waals surface area contributed by atoms with Crippen molar-refractivity contribution in [3.05, 3.63) is 47.0 Å². The van der Waals surface area contributed by atoms with E-state index in [1.165, 1.54) is 0 Å². The van der Waals surface area contributed by atoms with Gasteiger partial charge in [0.1, 0.15) is 12.4 Å². The molecule has 1 aliphatic rings. The van der Waals surface area contributed by atoms with E-state index in [9.17, 15) is 13.2 Å². The molecule has 0 unspecified atom stereocenters. The highest BCUT2D eigenvalue weighted by Gasteiger charge is 2.30. The second-order valence-corrected chi connectivity index (χ2v) is 7.35. The van der Waals surface area contributed by atoms with E-state index in [0.29, 0.717) is 13.1 Å². The monoisotopic (exact) mass is 423 g/mol. The number of aromatic nitrogens is 3. The van der Waals surface area contributed by atoms with Crippen LogP contribution in [0.4, 0.5) is 13.2 Å². The van der Waals surface area contributed by atoms with Crippen LogP contribution in [0, 0.1) is 6.92 Å². The Balaban J connectivity index is 1.56. The van der Waals surface area contributed by atoms with Crippen LogP contribution in [0.25, 0.3) is 0 Å². The summed E-state index contributed by atoms with van der Waals surface area (Å²) in [6.07, 6.45) is -4.30. The van der Waals surface area contributed by atoms with Crippen molar-refractivity contribution in [2.24, 2.45) is 12.0 Å². The minimum atomic E-state index is -4.30. The van der Waals surface area contributed by atoms with Crippen molar-refractivity contribution >= 4 is 5.96 Å². The normalized spacial score (nSPS) is 16.2. The van der Waals surface area contributed by atoms with Crippen molar-refractivity contribution in [2.75, 3.05) is 32.7 Å². The summed E-state index contributed by atoms with van der Waals surface area (Å²) in [6, 6.07) is 5.42. The summed E-state index contributed by atoms with van der Waals surface area (Å²) in [5, 5.41) is 11.5. The van der Waals surface area contributed by atoms with Crippen LogP contribution in [-0.2, 0) is 26.3 Å². The van der Waals surface area contributed by atoms with Gasteiger partial charge < -0.3 is 14.8 Å². The summed E-state index contributed by atoms with van der Waals surface area (Å²) in [5.74, 6) is 2.50. The number of nitrogens with one attached hydrogen (secondary N) is 1. The van der Waals surface area contributed by atoms with E-state index >= 15 is 0 Å². The molecule has 0 atom stereocenters. The first-order valence-corrected chi connectivity index (χ1v) is 10.0. The van der Waals surface area contributed by atoms with Crippen LogP contribution in [0.3, 0.4) is 0 Å². The Kier molecular flexibility index (Phi) is 6.96. The van der Waals surface area contributed by atoms with Gasteiger partial charge in [0.25, 0.3) is 0 Å². The zero-order valence-corrected chi connectivity index (χ0v) is 17.6. The van der Waals surface area contributed by atoms with E-state index in [4.69, 9.17) is 4.99 Å². The van der Waals surface area contributed by atoms with Gasteiger partial charge in [0.2, 0.25) is 0 Å². The second kappa shape index (κ2) is 9.46. The maximum Gasteiger partial charge on any atom is 0.416 e. The van der Waals surface area contributed by atoms with Crippen molar-refractivity contribution in [3.63, 3.8) is 0 Å². The smallest absolute Gasteiger partial charge is 0.357 e. The number of hydrogen-bond donors (Lipinski definition) is 1. The molecular formula is C20H28F3N7. The number of aliphatic imine (C=N–C) groups is 1. The molecule has 10 heteroatoms. The Labute approximate surface area is 174 Å². The molecule has 2 aromatic rings.